The number of amides is 2. The second-order valence-electron chi connectivity index (χ2n) is 4.84. The van der Waals surface area contributed by atoms with Crippen molar-refractivity contribution in [1.82, 2.24) is 15.2 Å². The molecule has 0 unspecified atom stereocenters. The topological polar surface area (TPSA) is 66.5 Å². The Labute approximate surface area is 113 Å². The number of pyridine rings is 1. The maximum atomic E-state index is 11.7. The van der Waals surface area contributed by atoms with Crippen molar-refractivity contribution in [3.8, 4) is 5.88 Å². The highest BCUT2D eigenvalue weighted by Gasteiger charge is 2.19. The molecule has 1 fully saturated rings. The van der Waals surface area contributed by atoms with Crippen LogP contribution in [0.3, 0.4) is 0 Å². The van der Waals surface area contributed by atoms with E-state index in [2.05, 4.69) is 27.6 Å². The van der Waals surface area contributed by atoms with E-state index in [1.54, 1.807) is 25.4 Å². The highest BCUT2D eigenvalue weighted by atomic mass is 16.5. The van der Waals surface area contributed by atoms with Gasteiger partial charge < -0.3 is 20.3 Å². The SMILES string of the molecule is COc1ccc(NC(=O)NC[C@@H]2CCN(C)C2)cn1. The summed E-state index contributed by atoms with van der Waals surface area (Å²) in [5.74, 6) is 1.07. The lowest BCUT2D eigenvalue weighted by molar-refractivity contribution is 0.250. The fourth-order valence-corrected chi connectivity index (χ4v) is 2.18. The number of hydrogen-bond donors (Lipinski definition) is 2. The molecule has 0 saturated carbocycles. The zero-order valence-corrected chi connectivity index (χ0v) is 11.3. The van der Waals surface area contributed by atoms with Crippen LogP contribution in [0.4, 0.5) is 10.5 Å². The molecule has 2 heterocycles. The van der Waals surface area contributed by atoms with Crippen LogP contribution < -0.4 is 15.4 Å². The fourth-order valence-electron chi connectivity index (χ4n) is 2.18. The Hall–Kier alpha value is -1.82. The van der Waals surface area contributed by atoms with Gasteiger partial charge in [-0.25, -0.2) is 9.78 Å². The first kappa shape index (κ1) is 13.6. The van der Waals surface area contributed by atoms with E-state index in [-0.39, 0.29) is 6.03 Å². The lowest BCUT2D eigenvalue weighted by atomic mass is 10.1. The van der Waals surface area contributed by atoms with E-state index in [1.165, 1.54) is 0 Å². The molecule has 2 N–H and O–H groups in total. The zero-order valence-electron chi connectivity index (χ0n) is 11.3. The normalized spacial score (nSPS) is 19.2. The van der Waals surface area contributed by atoms with E-state index in [0.717, 1.165) is 19.5 Å². The number of hydrogen-bond acceptors (Lipinski definition) is 4. The molecular weight excluding hydrogens is 244 g/mol. The van der Waals surface area contributed by atoms with Crippen molar-refractivity contribution < 1.29 is 9.53 Å². The van der Waals surface area contributed by atoms with Gasteiger partial charge in [-0.3, -0.25) is 0 Å². The van der Waals surface area contributed by atoms with Gasteiger partial charge in [0.1, 0.15) is 0 Å². The van der Waals surface area contributed by atoms with Crippen molar-refractivity contribution in [3.63, 3.8) is 0 Å². The van der Waals surface area contributed by atoms with Crippen molar-refractivity contribution >= 4 is 11.7 Å². The number of likely N-dealkylation sites (tertiary alicyclic amines) is 1. The average molecular weight is 264 g/mol. The molecule has 2 amide bonds. The number of carbonyl (C=O) groups is 1. The molecule has 0 aromatic carbocycles. The summed E-state index contributed by atoms with van der Waals surface area (Å²) in [4.78, 5) is 18.0. The van der Waals surface area contributed by atoms with Crippen molar-refractivity contribution in [2.75, 3.05) is 39.1 Å². The predicted molar refractivity (Wildman–Crippen MR) is 73.4 cm³/mol. The Morgan fingerprint density at radius 3 is 3.00 bits per heavy atom. The van der Waals surface area contributed by atoms with E-state index in [9.17, 15) is 4.79 Å². The van der Waals surface area contributed by atoms with Gasteiger partial charge in [-0.1, -0.05) is 0 Å². The van der Waals surface area contributed by atoms with Gasteiger partial charge in [0.15, 0.2) is 0 Å². The standard InChI is InChI=1S/C13H20N4O2/c1-17-6-5-10(9-17)7-15-13(18)16-11-3-4-12(19-2)14-8-11/h3-4,8,10H,5-7,9H2,1-2H3,(H2,15,16,18)/t10-/m0/s1. The summed E-state index contributed by atoms with van der Waals surface area (Å²) in [6.45, 7) is 2.86. The molecule has 0 bridgehead atoms. The van der Waals surface area contributed by atoms with Gasteiger partial charge in [0.25, 0.3) is 0 Å². The summed E-state index contributed by atoms with van der Waals surface area (Å²) in [5.41, 5.74) is 0.654. The smallest absolute Gasteiger partial charge is 0.319 e. The number of aromatic nitrogens is 1. The fraction of sp³-hybridized carbons (Fsp3) is 0.538. The predicted octanol–water partition coefficient (Wildman–Crippen LogP) is 1.16. The maximum Gasteiger partial charge on any atom is 0.319 e. The minimum atomic E-state index is -0.193. The molecule has 1 aromatic rings. The van der Waals surface area contributed by atoms with Crippen molar-refractivity contribution in [3.05, 3.63) is 18.3 Å². The average Bonchev–Trinajstić information content (AvgIpc) is 2.83. The summed E-state index contributed by atoms with van der Waals surface area (Å²) in [5, 5.41) is 5.63. The quantitative estimate of drug-likeness (QED) is 0.856. The van der Waals surface area contributed by atoms with Crippen molar-refractivity contribution in [2.24, 2.45) is 5.92 Å². The number of carbonyl (C=O) groups excluding carboxylic acids is 1. The molecule has 1 aliphatic heterocycles. The van der Waals surface area contributed by atoms with Crippen LogP contribution in [0.5, 0.6) is 5.88 Å². The van der Waals surface area contributed by atoms with Gasteiger partial charge in [-0.15, -0.1) is 0 Å². The first-order valence-electron chi connectivity index (χ1n) is 6.41. The van der Waals surface area contributed by atoms with Crippen LogP contribution in [0.2, 0.25) is 0 Å². The van der Waals surface area contributed by atoms with Crippen molar-refractivity contribution in [2.45, 2.75) is 6.42 Å². The van der Waals surface area contributed by atoms with E-state index in [4.69, 9.17) is 4.74 Å². The maximum absolute atomic E-state index is 11.7. The van der Waals surface area contributed by atoms with Gasteiger partial charge in [-0.05, 0) is 32.0 Å². The van der Waals surface area contributed by atoms with Gasteiger partial charge in [0, 0.05) is 19.2 Å². The summed E-state index contributed by atoms with van der Waals surface area (Å²) < 4.78 is 4.96. The zero-order chi connectivity index (χ0) is 13.7. The van der Waals surface area contributed by atoms with E-state index in [0.29, 0.717) is 24.0 Å². The molecule has 1 aromatic heterocycles. The molecule has 1 aliphatic rings. The van der Waals surface area contributed by atoms with Crippen LogP contribution in [0, 0.1) is 5.92 Å². The number of urea groups is 1. The largest absolute Gasteiger partial charge is 0.481 e. The molecule has 19 heavy (non-hydrogen) atoms. The number of nitrogens with one attached hydrogen (secondary N) is 2. The minimum Gasteiger partial charge on any atom is -0.481 e. The van der Waals surface area contributed by atoms with Gasteiger partial charge in [0.2, 0.25) is 5.88 Å². The molecule has 6 nitrogen and oxygen atoms in total. The molecular formula is C13H20N4O2. The first-order valence-corrected chi connectivity index (χ1v) is 6.41. The Kier molecular flexibility index (Phi) is 4.57. The second kappa shape index (κ2) is 6.38. The van der Waals surface area contributed by atoms with Gasteiger partial charge in [0.05, 0.1) is 19.0 Å². The van der Waals surface area contributed by atoms with Crippen LogP contribution in [0.1, 0.15) is 6.42 Å². The third-order valence-corrected chi connectivity index (χ3v) is 3.24. The second-order valence-corrected chi connectivity index (χ2v) is 4.84. The Morgan fingerprint density at radius 1 is 1.58 bits per heavy atom. The van der Waals surface area contributed by atoms with Gasteiger partial charge >= 0.3 is 6.03 Å². The Balaban J connectivity index is 1.74. The highest BCUT2D eigenvalue weighted by Crippen LogP contribution is 2.13. The minimum absolute atomic E-state index is 0.193. The number of rotatable bonds is 4. The van der Waals surface area contributed by atoms with Crippen LogP contribution >= 0.6 is 0 Å². The monoisotopic (exact) mass is 264 g/mol. The van der Waals surface area contributed by atoms with E-state index >= 15 is 0 Å². The Bertz CT molecular complexity index is 421. The van der Waals surface area contributed by atoms with Crippen LogP contribution in [0.15, 0.2) is 18.3 Å². The first-order chi connectivity index (χ1) is 9.17. The molecule has 0 spiro atoms. The molecule has 104 valence electrons. The number of nitrogens with zero attached hydrogens (tertiary/aromatic N) is 2. The summed E-state index contributed by atoms with van der Waals surface area (Å²) in [6.07, 6.45) is 2.71. The van der Waals surface area contributed by atoms with E-state index < -0.39 is 0 Å². The third kappa shape index (κ3) is 4.10. The Morgan fingerprint density at radius 2 is 2.42 bits per heavy atom. The van der Waals surface area contributed by atoms with Crippen LogP contribution in [-0.4, -0.2) is 49.7 Å². The molecule has 0 aliphatic carbocycles. The molecule has 0 radical (unpaired) electrons. The lowest BCUT2D eigenvalue weighted by Gasteiger charge is -2.12. The molecule has 1 saturated heterocycles. The van der Waals surface area contributed by atoms with Crippen LogP contribution in [-0.2, 0) is 0 Å². The summed E-state index contributed by atoms with van der Waals surface area (Å²) in [6, 6.07) is 3.28. The van der Waals surface area contributed by atoms with Crippen LogP contribution in [0.25, 0.3) is 0 Å². The molecule has 6 heteroatoms. The number of methoxy groups -OCH3 is 1. The summed E-state index contributed by atoms with van der Waals surface area (Å²) in [7, 11) is 3.66. The molecule has 1 atom stereocenters. The third-order valence-electron chi connectivity index (χ3n) is 3.24. The van der Waals surface area contributed by atoms with E-state index in [1.807, 2.05) is 0 Å². The highest BCUT2D eigenvalue weighted by molar-refractivity contribution is 5.88. The summed E-state index contributed by atoms with van der Waals surface area (Å²) >= 11 is 0. The molecule has 2 rings (SSSR count). The number of ether oxygens (including phenoxy) is 1. The lowest BCUT2D eigenvalue weighted by Crippen LogP contribution is -2.33. The van der Waals surface area contributed by atoms with Gasteiger partial charge in [-0.2, -0.15) is 0 Å². The van der Waals surface area contributed by atoms with Crippen molar-refractivity contribution in [1.29, 1.82) is 0 Å². The number of anilines is 1.